The van der Waals surface area contributed by atoms with Gasteiger partial charge in [-0.1, -0.05) is 0 Å². The highest BCUT2D eigenvalue weighted by Crippen LogP contribution is 2.58. The molecule has 40 valence electrons. The highest BCUT2D eigenvalue weighted by molar-refractivity contribution is 7.19. The molecule has 0 aromatic carbocycles. The van der Waals surface area contributed by atoms with E-state index in [4.69, 9.17) is 4.74 Å². The molecule has 0 aromatic rings. The topological polar surface area (TPSA) is 9.23 Å². The van der Waals surface area contributed by atoms with Gasteiger partial charge in [0.25, 0.3) is 0 Å². The number of ether oxygens (including phenoxy) is 1. The van der Waals surface area contributed by atoms with Crippen LogP contribution in [0.2, 0.25) is 0 Å². The highest BCUT2D eigenvalue weighted by Gasteiger charge is 2.55. The van der Waals surface area contributed by atoms with E-state index in [1.54, 1.807) is 0 Å². The second-order valence-electron chi connectivity index (χ2n) is 2.49. The van der Waals surface area contributed by atoms with Crippen molar-refractivity contribution in [3.8, 4) is 0 Å². The third kappa shape index (κ3) is 0.458. The fourth-order valence-electron chi connectivity index (χ4n) is 1.24. The van der Waals surface area contributed by atoms with Gasteiger partial charge < -0.3 is 4.74 Å². The van der Waals surface area contributed by atoms with Crippen LogP contribution in [-0.2, 0) is 4.74 Å². The van der Waals surface area contributed by atoms with Gasteiger partial charge in [0.05, 0.1) is 5.34 Å². The Bertz CT molecular complexity index is 102. The van der Waals surface area contributed by atoms with Crippen LogP contribution < -0.4 is 0 Å². The van der Waals surface area contributed by atoms with Crippen molar-refractivity contribution in [1.29, 1.82) is 0 Å². The Labute approximate surface area is 45.6 Å². The van der Waals surface area contributed by atoms with E-state index in [1.807, 2.05) is 0 Å². The summed E-state index contributed by atoms with van der Waals surface area (Å²) in [5, 5.41) is 0.278. The molecule has 1 aliphatic heterocycles. The summed E-state index contributed by atoms with van der Waals surface area (Å²) in [4.78, 5) is 0. The molecule has 2 aliphatic rings. The number of rotatable bonds is 0. The van der Waals surface area contributed by atoms with Gasteiger partial charge in [-0.05, 0) is 18.8 Å². The van der Waals surface area contributed by atoms with Crippen LogP contribution in [0.3, 0.4) is 0 Å². The molecule has 2 heteroatoms. The van der Waals surface area contributed by atoms with E-state index in [9.17, 15) is 0 Å². The van der Waals surface area contributed by atoms with Crippen LogP contribution >= 0.6 is 9.24 Å². The van der Waals surface area contributed by atoms with Crippen molar-refractivity contribution in [2.45, 2.75) is 18.2 Å². The number of fused-ring (bicyclic) bond motifs is 1. The highest BCUT2D eigenvalue weighted by atomic mass is 31.0. The van der Waals surface area contributed by atoms with Gasteiger partial charge in [-0.25, -0.2) is 0 Å². The first kappa shape index (κ1) is 4.29. The first-order valence-electron chi connectivity index (χ1n) is 2.74. The maximum absolute atomic E-state index is 5.38. The summed E-state index contributed by atoms with van der Waals surface area (Å²) in [6, 6.07) is 0. The smallest absolute Gasteiger partial charge is 0.0846 e. The van der Waals surface area contributed by atoms with Crippen molar-refractivity contribution in [3.63, 3.8) is 0 Å². The molecule has 1 saturated carbocycles. The van der Waals surface area contributed by atoms with Crippen LogP contribution in [0, 0.1) is 5.92 Å². The second-order valence-corrected chi connectivity index (χ2v) is 3.47. The first-order chi connectivity index (χ1) is 3.31. The monoisotopic (exact) mass is 116 g/mol. The Morgan fingerprint density at radius 3 is 2.71 bits per heavy atom. The SMILES string of the molecule is PC12CC1CCO2. The minimum absolute atomic E-state index is 0.278. The van der Waals surface area contributed by atoms with E-state index in [0.717, 1.165) is 12.5 Å². The van der Waals surface area contributed by atoms with Crippen molar-refractivity contribution in [3.05, 3.63) is 0 Å². The van der Waals surface area contributed by atoms with Crippen molar-refractivity contribution in [1.82, 2.24) is 0 Å². The zero-order valence-corrected chi connectivity index (χ0v) is 5.34. The summed E-state index contributed by atoms with van der Waals surface area (Å²) in [6.45, 7) is 0.994. The molecule has 2 fully saturated rings. The quantitative estimate of drug-likeness (QED) is 0.429. The van der Waals surface area contributed by atoms with Gasteiger partial charge in [0.2, 0.25) is 0 Å². The normalized spacial score (nSPS) is 57.0. The lowest BCUT2D eigenvalue weighted by molar-refractivity contribution is 0.132. The van der Waals surface area contributed by atoms with Crippen LogP contribution in [-0.4, -0.2) is 11.9 Å². The third-order valence-corrected chi connectivity index (χ3v) is 2.81. The van der Waals surface area contributed by atoms with Crippen LogP contribution in [0.15, 0.2) is 0 Å². The molecule has 0 spiro atoms. The Kier molecular flexibility index (Phi) is 0.634. The van der Waals surface area contributed by atoms with Gasteiger partial charge in [-0.15, -0.1) is 9.24 Å². The van der Waals surface area contributed by atoms with Gasteiger partial charge >= 0.3 is 0 Å². The molecule has 7 heavy (non-hydrogen) atoms. The zero-order chi connectivity index (χ0) is 4.91. The summed E-state index contributed by atoms with van der Waals surface area (Å²) >= 11 is 0. The summed E-state index contributed by atoms with van der Waals surface area (Å²) in [5.41, 5.74) is 0. The van der Waals surface area contributed by atoms with Crippen LogP contribution in [0.4, 0.5) is 0 Å². The minimum atomic E-state index is 0.278. The van der Waals surface area contributed by atoms with E-state index >= 15 is 0 Å². The molecule has 2 rings (SSSR count). The van der Waals surface area contributed by atoms with Crippen molar-refractivity contribution < 1.29 is 4.74 Å². The molecule has 1 saturated heterocycles. The van der Waals surface area contributed by atoms with Gasteiger partial charge in [-0.2, -0.15) is 0 Å². The summed E-state index contributed by atoms with van der Waals surface area (Å²) in [6.07, 6.45) is 2.58. The fourth-order valence-corrected chi connectivity index (χ4v) is 1.81. The van der Waals surface area contributed by atoms with Crippen LogP contribution in [0.5, 0.6) is 0 Å². The molecular weight excluding hydrogens is 107 g/mol. The molecule has 1 nitrogen and oxygen atoms in total. The van der Waals surface area contributed by atoms with E-state index in [2.05, 4.69) is 9.24 Å². The lowest BCUT2D eigenvalue weighted by Gasteiger charge is -2.00. The standard InChI is InChI=1S/C5H9OP/c7-5-3-4(5)1-2-6-5/h4H,1-3,7H2. The average Bonchev–Trinajstić information content (AvgIpc) is 2.09. The molecule has 3 atom stereocenters. The lowest BCUT2D eigenvalue weighted by Crippen LogP contribution is -1.97. The van der Waals surface area contributed by atoms with E-state index < -0.39 is 0 Å². The van der Waals surface area contributed by atoms with Gasteiger partial charge in [0.1, 0.15) is 0 Å². The molecule has 1 aliphatic carbocycles. The molecule has 1 heterocycles. The lowest BCUT2D eigenvalue weighted by atomic mass is 10.3. The fraction of sp³-hybridized carbons (Fsp3) is 1.00. The molecule has 0 bridgehead atoms. The van der Waals surface area contributed by atoms with E-state index in [1.165, 1.54) is 12.8 Å². The predicted molar refractivity (Wildman–Crippen MR) is 31.1 cm³/mol. The number of hydrogen-bond acceptors (Lipinski definition) is 1. The summed E-state index contributed by atoms with van der Waals surface area (Å²) in [5.74, 6) is 0.900. The van der Waals surface area contributed by atoms with Crippen molar-refractivity contribution >= 4 is 9.24 Å². The molecule has 0 N–H and O–H groups in total. The van der Waals surface area contributed by atoms with Crippen molar-refractivity contribution in [2.24, 2.45) is 5.92 Å². The maximum Gasteiger partial charge on any atom is 0.0846 e. The second kappa shape index (κ2) is 1.04. The molecular formula is C5H9OP. The van der Waals surface area contributed by atoms with Crippen molar-refractivity contribution in [2.75, 3.05) is 6.61 Å². The zero-order valence-electron chi connectivity index (χ0n) is 4.18. The summed E-state index contributed by atoms with van der Waals surface area (Å²) in [7, 11) is 2.78. The average molecular weight is 116 g/mol. The minimum Gasteiger partial charge on any atom is -0.371 e. The maximum atomic E-state index is 5.38. The molecule has 0 radical (unpaired) electrons. The van der Waals surface area contributed by atoms with Crippen LogP contribution in [0.25, 0.3) is 0 Å². The Morgan fingerprint density at radius 2 is 2.57 bits per heavy atom. The van der Waals surface area contributed by atoms with Crippen LogP contribution in [0.1, 0.15) is 12.8 Å². The summed E-state index contributed by atoms with van der Waals surface area (Å²) < 4.78 is 5.38. The van der Waals surface area contributed by atoms with E-state index in [0.29, 0.717) is 0 Å². The van der Waals surface area contributed by atoms with Gasteiger partial charge in [-0.3, -0.25) is 0 Å². The Balaban J connectivity index is 2.17. The molecule has 0 amide bonds. The Hall–Kier alpha value is 0.390. The molecule has 0 aromatic heterocycles. The molecule has 3 unspecified atom stereocenters. The largest absolute Gasteiger partial charge is 0.371 e. The van der Waals surface area contributed by atoms with E-state index in [-0.39, 0.29) is 5.34 Å². The van der Waals surface area contributed by atoms with Gasteiger partial charge in [0, 0.05) is 6.61 Å². The first-order valence-corrected chi connectivity index (χ1v) is 3.32. The Morgan fingerprint density at radius 1 is 1.71 bits per heavy atom. The predicted octanol–water partition coefficient (Wildman–Crippen LogP) is 0.998. The number of hydrogen-bond donors (Lipinski definition) is 0. The van der Waals surface area contributed by atoms with Gasteiger partial charge in [0.15, 0.2) is 0 Å². The third-order valence-electron chi connectivity index (χ3n) is 1.93.